The second-order valence-electron chi connectivity index (χ2n) is 14.3. The molecule has 0 bridgehead atoms. The quantitative estimate of drug-likeness (QED) is 0.429. The number of fused-ring (bicyclic) bond motifs is 2. The van der Waals surface area contributed by atoms with Crippen LogP contribution in [0.3, 0.4) is 0 Å². The van der Waals surface area contributed by atoms with Gasteiger partial charge in [0.1, 0.15) is 0 Å². The molecule has 5 rings (SSSR count). The Bertz CT molecular complexity index is 859. The Kier molecular flexibility index (Phi) is 5.31. The molecule has 0 unspecified atom stereocenters. The van der Waals surface area contributed by atoms with Crippen LogP contribution >= 0.6 is 0 Å². The Morgan fingerprint density at radius 1 is 0.939 bits per heavy atom. The van der Waals surface area contributed by atoms with Crippen LogP contribution in [0.15, 0.2) is 11.6 Å². The summed E-state index contributed by atoms with van der Waals surface area (Å²) in [5.74, 6) is 2.19. The maximum atomic E-state index is 11.2. The second-order valence-corrected chi connectivity index (χ2v) is 14.3. The number of hydrogen-bond donors (Lipinski definition) is 2. The third-order valence-electron chi connectivity index (χ3n) is 13.3. The Hall–Kier alpha value is -0.830. The van der Waals surface area contributed by atoms with Gasteiger partial charge in [0.25, 0.3) is 0 Å². The number of carbonyl (C=O) groups is 1. The number of aliphatic hydroxyl groups excluding tert-OH is 1. The number of rotatable bonds is 5. The van der Waals surface area contributed by atoms with Crippen LogP contribution < -0.4 is 0 Å². The van der Waals surface area contributed by atoms with Crippen molar-refractivity contribution in [1.82, 2.24) is 0 Å². The van der Waals surface area contributed by atoms with Gasteiger partial charge in [-0.1, -0.05) is 40.7 Å². The lowest BCUT2D eigenvalue weighted by Gasteiger charge is -2.63. The van der Waals surface area contributed by atoms with Gasteiger partial charge < -0.3 is 10.2 Å². The Morgan fingerprint density at radius 2 is 1.61 bits per heavy atom. The van der Waals surface area contributed by atoms with Crippen molar-refractivity contribution in [3.8, 4) is 0 Å². The lowest BCUT2D eigenvalue weighted by molar-refractivity contribution is -0.161. The van der Waals surface area contributed by atoms with Crippen LogP contribution in [0.4, 0.5) is 0 Å². The molecule has 0 aliphatic heterocycles. The second kappa shape index (κ2) is 7.34. The minimum Gasteiger partial charge on any atom is -0.478 e. The summed E-state index contributed by atoms with van der Waals surface area (Å²) in [7, 11) is 0. The van der Waals surface area contributed by atoms with E-state index in [9.17, 15) is 15.0 Å². The van der Waals surface area contributed by atoms with Gasteiger partial charge in [0.2, 0.25) is 0 Å². The van der Waals surface area contributed by atoms with Gasteiger partial charge >= 0.3 is 5.97 Å². The summed E-state index contributed by atoms with van der Waals surface area (Å²) in [6.45, 7) is 14.2. The number of hydrogen-bond acceptors (Lipinski definition) is 2. The molecule has 0 saturated heterocycles. The van der Waals surface area contributed by atoms with Crippen molar-refractivity contribution in [2.45, 2.75) is 118 Å². The fraction of sp³-hybridized carbons (Fsp3) is 0.900. The molecular formula is C30H48O3. The fourth-order valence-corrected chi connectivity index (χ4v) is 11.2. The van der Waals surface area contributed by atoms with Crippen molar-refractivity contribution in [2.75, 3.05) is 0 Å². The highest BCUT2D eigenvalue weighted by atomic mass is 16.4. The zero-order chi connectivity index (χ0) is 24.0. The molecule has 0 aromatic rings. The fourth-order valence-electron chi connectivity index (χ4n) is 11.2. The molecule has 0 aromatic carbocycles. The van der Waals surface area contributed by atoms with Gasteiger partial charge in [-0.05, 0) is 128 Å². The predicted octanol–water partition coefficient (Wildman–Crippen LogP) is 7.23. The largest absolute Gasteiger partial charge is 0.478 e. The minimum absolute atomic E-state index is 0.0721. The van der Waals surface area contributed by atoms with Crippen LogP contribution in [0.2, 0.25) is 0 Å². The third-order valence-corrected chi connectivity index (χ3v) is 13.3. The monoisotopic (exact) mass is 456 g/mol. The van der Waals surface area contributed by atoms with Crippen LogP contribution in [-0.4, -0.2) is 22.3 Å². The maximum absolute atomic E-state index is 11.2. The first-order valence-corrected chi connectivity index (χ1v) is 13.9. The highest BCUT2D eigenvalue weighted by Gasteiger charge is 2.82. The molecule has 5 aliphatic carbocycles. The summed E-state index contributed by atoms with van der Waals surface area (Å²) < 4.78 is 0. The third kappa shape index (κ3) is 2.93. The Morgan fingerprint density at radius 3 is 2.30 bits per heavy atom. The molecule has 9 atom stereocenters. The zero-order valence-corrected chi connectivity index (χ0v) is 22.0. The van der Waals surface area contributed by atoms with Crippen molar-refractivity contribution < 1.29 is 15.0 Å². The van der Waals surface area contributed by atoms with Gasteiger partial charge in [-0.25, -0.2) is 4.79 Å². The van der Waals surface area contributed by atoms with E-state index in [0.29, 0.717) is 39.1 Å². The number of allylic oxidation sites excluding steroid dienone is 1. The summed E-state index contributed by atoms with van der Waals surface area (Å²) >= 11 is 0. The molecule has 2 spiro atoms. The highest BCUT2D eigenvalue weighted by Crippen LogP contribution is 2.89. The number of carboxylic acids is 1. The average Bonchev–Trinajstić information content (AvgIpc) is 3.33. The lowest BCUT2D eigenvalue weighted by Crippen LogP contribution is -2.57. The van der Waals surface area contributed by atoms with Crippen molar-refractivity contribution in [1.29, 1.82) is 0 Å². The smallest absolute Gasteiger partial charge is 0.330 e. The van der Waals surface area contributed by atoms with E-state index in [0.717, 1.165) is 31.1 Å². The number of aliphatic hydroxyl groups is 1. The van der Waals surface area contributed by atoms with Gasteiger partial charge in [-0.2, -0.15) is 0 Å². The summed E-state index contributed by atoms with van der Waals surface area (Å²) in [5.41, 5.74) is 2.48. The molecule has 186 valence electrons. The normalized spacial score (nSPS) is 51.1. The first kappa shape index (κ1) is 23.9. The molecule has 2 N–H and O–H groups in total. The van der Waals surface area contributed by atoms with E-state index < -0.39 is 5.97 Å². The van der Waals surface area contributed by atoms with Crippen LogP contribution in [-0.2, 0) is 4.79 Å². The van der Waals surface area contributed by atoms with Gasteiger partial charge in [-0.3, -0.25) is 0 Å². The minimum atomic E-state index is -0.784. The summed E-state index contributed by atoms with van der Waals surface area (Å²) in [6, 6.07) is 0. The molecule has 0 aromatic heterocycles. The van der Waals surface area contributed by atoms with E-state index in [4.69, 9.17) is 0 Å². The molecule has 3 heteroatoms. The van der Waals surface area contributed by atoms with Gasteiger partial charge in [0.15, 0.2) is 0 Å². The van der Waals surface area contributed by atoms with Crippen molar-refractivity contribution >= 4 is 5.97 Å². The SMILES string of the molecule is C/C(=C/CC[C@@H](C)[C@H]1CC[C@@]2(C)[C@@H]3CC[C@H]4C(C)(C)[C@H](O)CC[C@@]45C[C@@]35CC[C@]12C)C(=O)O. The van der Waals surface area contributed by atoms with Crippen LogP contribution in [0.1, 0.15) is 112 Å². The molecule has 0 radical (unpaired) electrons. The topological polar surface area (TPSA) is 57.5 Å². The van der Waals surface area contributed by atoms with Crippen molar-refractivity contribution in [2.24, 2.45) is 50.7 Å². The maximum Gasteiger partial charge on any atom is 0.330 e. The standard InChI is InChI=1S/C30H48O3/c1-19(8-7-9-20(2)25(32)33)21-12-14-28(6)23-11-10-22-26(3,4)24(31)13-15-29(22)18-30(23,29)17-16-27(21,28)5/h9,19,21-24,31H,7-8,10-18H2,1-6H3,(H,32,33)/b20-9-/t19-,21-,22+,23+,24-,27-,28+,29-,30+/m1/s1. The van der Waals surface area contributed by atoms with Crippen molar-refractivity contribution in [3.05, 3.63) is 11.6 Å². The zero-order valence-electron chi connectivity index (χ0n) is 22.0. The summed E-state index contributed by atoms with van der Waals surface area (Å²) in [5, 5.41) is 20.0. The first-order chi connectivity index (χ1) is 15.4. The van der Waals surface area contributed by atoms with E-state index >= 15 is 0 Å². The number of aliphatic carboxylic acids is 1. The molecule has 5 saturated carbocycles. The molecule has 5 fully saturated rings. The van der Waals surface area contributed by atoms with E-state index in [1.807, 2.05) is 6.08 Å². The summed E-state index contributed by atoms with van der Waals surface area (Å²) in [6.07, 6.45) is 15.7. The van der Waals surface area contributed by atoms with Crippen LogP contribution in [0.5, 0.6) is 0 Å². The Labute approximate surface area is 201 Å². The van der Waals surface area contributed by atoms with Gasteiger partial charge in [0, 0.05) is 5.57 Å². The van der Waals surface area contributed by atoms with E-state index in [2.05, 4.69) is 34.6 Å². The molecular weight excluding hydrogens is 408 g/mol. The molecule has 5 aliphatic rings. The Balaban J connectivity index is 1.37. The highest BCUT2D eigenvalue weighted by molar-refractivity contribution is 5.85. The van der Waals surface area contributed by atoms with E-state index in [1.165, 1.54) is 51.4 Å². The molecule has 33 heavy (non-hydrogen) atoms. The average molecular weight is 457 g/mol. The van der Waals surface area contributed by atoms with Crippen LogP contribution in [0, 0.1) is 50.7 Å². The number of carboxylic acid groups (broad SMARTS) is 1. The first-order valence-electron chi connectivity index (χ1n) is 13.9. The van der Waals surface area contributed by atoms with Crippen molar-refractivity contribution in [3.63, 3.8) is 0 Å². The predicted molar refractivity (Wildman–Crippen MR) is 133 cm³/mol. The molecule has 3 nitrogen and oxygen atoms in total. The van der Waals surface area contributed by atoms with E-state index in [1.54, 1.807) is 6.92 Å². The van der Waals surface area contributed by atoms with Crippen LogP contribution in [0.25, 0.3) is 0 Å². The lowest BCUT2D eigenvalue weighted by atomic mass is 9.41. The van der Waals surface area contributed by atoms with Gasteiger partial charge in [-0.15, -0.1) is 0 Å². The van der Waals surface area contributed by atoms with E-state index in [-0.39, 0.29) is 11.5 Å². The van der Waals surface area contributed by atoms with Gasteiger partial charge in [0.05, 0.1) is 6.10 Å². The molecule has 0 heterocycles. The molecule has 0 amide bonds. The summed E-state index contributed by atoms with van der Waals surface area (Å²) in [4.78, 5) is 11.2.